The van der Waals surface area contributed by atoms with Crippen LogP contribution < -0.4 is 15.0 Å². The van der Waals surface area contributed by atoms with Crippen LogP contribution in [0.4, 0.5) is 16.3 Å². The molecule has 1 aromatic heterocycles. The summed E-state index contributed by atoms with van der Waals surface area (Å²) in [7, 11) is 5.06. The normalized spacial score (nSPS) is 10.2. The molecule has 0 aliphatic heterocycles. The van der Waals surface area contributed by atoms with Gasteiger partial charge in [-0.3, -0.25) is 0 Å². The van der Waals surface area contributed by atoms with Gasteiger partial charge < -0.3 is 15.0 Å². The standard InChI is InChI=1S/C13H16FN5O/c1-15-11-16-12(18-13(17-11)20-3)19(2)8-9-4-6-10(14)7-5-9/h4-7H,8H2,1-3H3,(H,15,16,17,18). The Morgan fingerprint density at radius 3 is 2.50 bits per heavy atom. The molecule has 7 heteroatoms. The molecule has 2 rings (SSSR count). The highest BCUT2D eigenvalue weighted by Crippen LogP contribution is 2.15. The van der Waals surface area contributed by atoms with Gasteiger partial charge in [-0.15, -0.1) is 0 Å². The first kappa shape index (κ1) is 14.0. The molecule has 0 fully saturated rings. The second-order valence-corrected chi connectivity index (χ2v) is 4.18. The Balaban J connectivity index is 2.19. The molecule has 0 saturated carbocycles. The summed E-state index contributed by atoms with van der Waals surface area (Å²) in [5, 5.41) is 2.85. The third-order valence-electron chi connectivity index (χ3n) is 2.68. The summed E-state index contributed by atoms with van der Waals surface area (Å²) >= 11 is 0. The van der Waals surface area contributed by atoms with Crippen molar-refractivity contribution in [1.29, 1.82) is 0 Å². The molecule has 0 radical (unpaired) electrons. The van der Waals surface area contributed by atoms with Crippen molar-refractivity contribution in [1.82, 2.24) is 15.0 Å². The lowest BCUT2D eigenvalue weighted by molar-refractivity contribution is 0.379. The van der Waals surface area contributed by atoms with E-state index in [1.54, 1.807) is 19.2 Å². The maximum atomic E-state index is 12.9. The summed E-state index contributed by atoms with van der Waals surface area (Å²) in [6, 6.07) is 6.55. The first-order valence-electron chi connectivity index (χ1n) is 6.05. The smallest absolute Gasteiger partial charge is 0.322 e. The SMILES string of the molecule is CNc1nc(OC)nc(N(C)Cc2ccc(F)cc2)n1. The molecule has 106 valence electrons. The monoisotopic (exact) mass is 277 g/mol. The molecule has 1 heterocycles. The number of hydrogen-bond acceptors (Lipinski definition) is 6. The quantitative estimate of drug-likeness (QED) is 0.897. The lowest BCUT2D eigenvalue weighted by atomic mass is 10.2. The van der Waals surface area contributed by atoms with Gasteiger partial charge in [0.15, 0.2) is 0 Å². The predicted molar refractivity (Wildman–Crippen MR) is 74.4 cm³/mol. The Kier molecular flexibility index (Phi) is 4.29. The van der Waals surface area contributed by atoms with E-state index < -0.39 is 0 Å². The summed E-state index contributed by atoms with van der Waals surface area (Å²) in [5.74, 6) is 0.652. The molecule has 0 amide bonds. The Morgan fingerprint density at radius 1 is 1.20 bits per heavy atom. The Labute approximate surface area is 116 Å². The Bertz CT molecular complexity index is 553. The molecular weight excluding hydrogens is 261 g/mol. The number of nitrogens with zero attached hydrogens (tertiary/aromatic N) is 4. The zero-order chi connectivity index (χ0) is 14.5. The largest absolute Gasteiger partial charge is 0.467 e. The number of nitrogens with one attached hydrogen (secondary N) is 1. The van der Waals surface area contributed by atoms with Crippen molar-refractivity contribution in [2.75, 3.05) is 31.4 Å². The molecule has 0 saturated heterocycles. The minimum atomic E-state index is -0.254. The van der Waals surface area contributed by atoms with Crippen LogP contribution in [0.1, 0.15) is 5.56 Å². The van der Waals surface area contributed by atoms with Gasteiger partial charge in [0, 0.05) is 20.6 Å². The number of anilines is 2. The molecular formula is C13H16FN5O. The number of methoxy groups -OCH3 is 1. The van der Waals surface area contributed by atoms with Crippen molar-refractivity contribution in [3.05, 3.63) is 35.6 Å². The zero-order valence-corrected chi connectivity index (χ0v) is 11.6. The number of ether oxygens (including phenoxy) is 1. The fourth-order valence-electron chi connectivity index (χ4n) is 1.65. The van der Waals surface area contributed by atoms with Crippen LogP contribution in [-0.4, -0.2) is 36.2 Å². The van der Waals surface area contributed by atoms with Crippen LogP contribution in [0, 0.1) is 5.82 Å². The van der Waals surface area contributed by atoms with Crippen LogP contribution in [0.25, 0.3) is 0 Å². The average Bonchev–Trinajstić information content (AvgIpc) is 2.48. The Hall–Kier alpha value is -2.44. The average molecular weight is 277 g/mol. The van der Waals surface area contributed by atoms with Gasteiger partial charge in [-0.25, -0.2) is 4.39 Å². The third kappa shape index (κ3) is 3.31. The van der Waals surface area contributed by atoms with Gasteiger partial charge in [0.25, 0.3) is 0 Å². The van der Waals surface area contributed by atoms with Crippen LogP contribution in [0.2, 0.25) is 0 Å². The van der Waals surface area contributed by atoms with Crippen molar-refractivity contribution < 1.29 is 9.13 Å². The minimum absolute atomic E-state index is 0.241. The van der Waals surface area contributed by atoms with E-state index in [1.807, 2.05) is 11.9 Å². The second kappa shape index (κ2) is 6.14. The first-order valence-corrected chi connectivity index (χ1v) is 6.05. The van der Waals surface area contributed by atoms with Crippen LogP contribution >= 0.6 is 0 Å². The fourth-order valence-corrected chi connectivity index (χ4v) is 1.65. The van der Waals surface area contributed by atoms with Crippen molar-refractivity contribution in [2.24, 2.45) is 0 Å². The Morgan fingerprint density at radius 2 is 1.90 bits per heavy atom. The van der Waals surface area contributed by atoms with Crippen molar-refractivity contribution >= 4 is 11.9 Å². The maximum Gasteiger partial charge on any atom is 0.322 e. The molecule has 1 N–H and O–H groups in total. The van der Waals surface area contributed by atoms with Crippen molar-refractivity contribution in [3.63, 3.8) is 0 Å². The van der Waals surface area contributed by atoms with Gasteiger partial charge in [-0.2, -0.15) is 15.0 Å². The summed E-state index contributed by atoms with van der Waals surface area (Å²) in [6.45, 7) is 0.552. The number of benzene rings is 1. The van der Waals surface area contributed by atoms with Gasteiger partial charge >= 0.3 is 6.01 Å². The summed E-state index contributed by atoms with van der Waals surface area (Å²) in [6.07, 6.45) is 0. The molecule has 6 nitrogen and oxygen atoms in total. The van der Waals surface area contributed by atoms with Gasteiger partial charge in [-0.05, 0) is 17.7 Å². The molecule has 0 aliphatic carbocycles. The first-order chi connectivity index (χ1) is 9.62. The molecule has 2 aromatic rings. The van der Waals surface area contributed by atoms with Crippen LogP contribution in [0.3, 0.4) is 0 Å². The molecule has 0 spiro atoms. The van der Waals surface area contributed by atoms with E-state index in [4.69, 9.17) is 4.74 Å². The zero-order valence-electron chi connectivity index (χ0n) is 11.6. The molecule has 20 heavy (non-hydrogen) atoms. The van der Waals surface area contributed by atoms with Gasteiger partial charge in [-0.1, -0.05) is 12.1 Å². The maximum absolute atomic E-state index is 12.9. The van der Waals surface area contributed by atoms with E-state index in [2.05, 4.69) is 20.3 Å². The highest BCUT2D eigenvalue weighted by molar-refractivity contribution is 5.38. The predicted octanol–water partition coefficient (Wildman–Crippen LogP) is 1.70. The van der Waals surface area contributed by atoms with Gasteiger partial charge in [0.2, 0.25) is 11.9 Å². The summed E-state index contributed by atoms with van der Waals surface area (Å²) in [5.41, 5.74) is 0.958. The molecule has 0 bridgehead atoms. The van der Waals surface area contributed by atoms with Crippen molar-refractivity contribution in [2.45, 2.75) is 6.54 Å². The van der Waals surface area contributed by atoms with E-state index >= 15 is 0 Å². The summed E-state index contributed by atoms with van der Waals surface area (Å²) < 4.78 is 17.9. The second-order valence-electron chi connectivity index (χ2n) is 4.18. The number of hydrogen-bond donors (Lipinski definition) is 1. The highest BCUT2D eigenvalue weighted by Gasteiger charge is 2.10. The highest BCUT2D eigenvalue weighted by atomic mass is 19.1. The number of aromatic nitrogens is 3. The number of rotatable bonds is 5. The molecule has 0 atom stereocenters. The van der Waals surface area contributed by atoms with E-state index in [0.29, 0.717) is 18.4 Å². The van der Waals surface area contributed by atoms with Crippen LogP contribution in [0.15, 0.2) is 24.3 Å². The summed E-state index contributed by atoms with van der Waals surface area (Å²) in [4.78, 5) is 14.3. The van der Waals surface area contributed by atoms with Gasteiger partial charge in [0.05, 0.1) is 7.11 Å². The van der Waals surface area contributed by atoms with Crippen LogP contribution in [0.5, 0.6) is 6.01 Å². The molecule has 0 aliphatic rings. The van der Waals surface area contributed by atoms with Crippen LogP contribution in [-0.2, 0) is 6.54 Å². The molecule has 1 aromatic carbocycles. The number of halogens is 1. The third-order valence-corrected chi connectivity index (χ3v) is 2.68. The lowest BCUT2D eigenvalue weighted by Gasteiger charge is -2.17. The minimum Gasteiger partial charge on any atom is -0.467 e. The topological polar surface area (TPSA) is 63.2 Å². The van der Waals surface area contributed by atoms with Gasteiger partial charge in [0.1, 0.15) is 5.82 Å². The van der Waals surface area contributed by atoms with Crippen molar-refractivity contribution in [3.8, 4) is 6.01 Å². The fraction of sp³-hybridized carbons (Fsp3) is 0.308. The van der Waals surface area contributed by atoms with E-state index in [9.17, 15) is 4.39 Å². The molecule has 0 unspecified atom stereocenters. The van der Waals surface area contributed by atoms with E-state index in [0.717, 1.165) is 5.56 Å². The van der Waals surface area contributed by atoms with E-state index in [-0.39, 0.29) is 11.8 Å². The van der Waals surface area contributed by atoms with E-state index in [1.165, 1.54) is 19.2 Å². The lowest BCUT2D eigenvalue weighted by Crippen LogP contribution is -2.20.